The van der Waals surface area contributed by atoms with E-state index in [9.17, 15) is 4.79 Å². The van der Waals surface area contributed by atoms with Gasteiger partial charge in [0.15, 0.2) is 17.8 Å². The number of nitrogens with one attached hydrogen (secondary N) is 1. The van der Waals surface area contributed by atoms with Gasteiger partial charge < -0.3 is 5.32 Å². The number of benzene rings is 1. The largest absolute Gasteiger partial charge is 0.335 e. The van der Waals surface area contributed by atoms with Gasteiger partial charge >= 0.3 is 0 Å². The van der Waals surface area contributed by atoms with Crippen molar-refractivity contribution in [3.05, 3.63) is 44.9 Å². The molecule has 2 aliphatic heterocycles. The summed E-state index contributed by atoms with van der Waals surface area (Å²) in [4.78, 5) is 24.2. The first-order valence-electron chi connectivity index (χ1n) is 9.43. The summed E-state index contributed by atoms with van der Waals surface area (Å²) in [5.41, 5.74) is 1.04. The highest BCUT2D eigenvalue weighted by Crippen LogP contribution is 2.41. The Labute approximate surface area is 174 Å². The quantitative estimate of drug-likeness (QED) is 0.767. The molecule has 1 fully saturated rings. The fourth-order valence-corrected chi connectivity index (χ4v) is 4.23. The Bertz CT molecular complexity index is 939. The van der Waals surface area contributed by atoms with Crippen LogP contribution in [0.4, 0.5) is 17.2 Å². The van der Waals surface area contributed by atoms with E-state index in [-0.39, 0.29) is 17.1 Å². The zero-order valence-electron chi connectivity index (χ0n) is 16.2. The predicted octanol–water partition coefficient (Wildman–Crippen LogP) is 2.96. The van der Waals surface area contributed by atoms with Crippen LogP contribution in [0.15, 0.2) is 29.1 Å². The van der Waals surface area contributed by atoms with Crippen LogP contribution in [0, 0.1) is 0 Å². The maximum absolute atomic E-state index is 13.0. The normalized spacial score (nSPS) is 20.5. The van der Waals surface area contributed by atoms with Crippen LogP contribution in [0.3, 0.4) is 0 Å². The van der Waals surface area contributed by atoms with Crippen LogP contribution in [0.5, 0.6) is 0 Å². The summed E-state index contributed by atoms with van der Waals surface area (Å²) in [6, 6.07) is 8.07. The van der Waals surface area contributed by atoms with Crippen molar-refractivity contribution in [1.82, 2.24) is 19.4 Å². The fourth-order valence-electron chi connectivity index (χ4n) is 3.84. The average molecular weight is 423 g/mol. The third-order valence-corrected chi connectivity index (χ3v) is 6.16. The molecule has 7 nitrogen and oxygen atoms in total. The number of anilines is 3. The molecular formula is C19H24Cl2N6O. The number of nitrogens with zero attached hydrogens (tertiary/aromatic N) is 5. The Hall–Kier alpha value is -1.80. The van der Waals surface area contributed by atoms with Crippen LogP contribution in [0.2, 0.25) is 10.3 Å². The van der Waals surface area contributed by atoms with E-state index in [1.807, 2.05) is 29.2 Å². The van der Waals surface area contributed by atoms with Gasteiger partial charge in [0.05, 0.1) is 10.7 Å². The van der Waals surface area contributed by atoms with Gasteiger partial charge in [0.2, 0.25) is 5.28 Å². The third-order valence-electron chi connectivity index (χ3n) is 5.50. The minimum Gasteiger partial charge on any atom is -0.335 e. The molecule has 0 amide bonds. The number of para-hydroxylation sites is 1. The molecule has 0 aliphatic carbocycles. The molecule has 1 saturated heterocycles. The first kappa shape index (κ1) is 19.5. The van der Waals surface area contributed by atoms with Gasteiger partial charge in [-0.3, -0.25) is 24.1 Å². The van der Waals surface area contributed by atoms with Crippen LogP contribution in [0.1, 0.15) is 13.8 Å². The molecule has 2 aromatic rings. The van der Waals surface area contributed by atoms with Crippen molar-refractivity contribution in [3.8, 4) is 0 Å². The minimum absolute atomic E-state index is 0.153. The van der Waals surface area contributed by atoms with Gasteiger partial charge in [0, 0.05) is 39.3 Å². The van der Waals surface area contributed by atoms with Gasteiger partial charge in [0.25, 0.3) is 5.56 Å². The summed E-state index contributed by atoms with van der Waals surface area (Å²) in [7, 11) is 1.62. The molecule has 0 spiro atoms. The summed E-state index contributed by atoms with van der Waals surface area (Å²) in [6.45, 7) is 8.11. The standard InChI is InChI=1S/C19H24Cl2N6O/c1-12(2)25-8-10-26(11-9-25)19-23-16-15(17(28)24(3)18(21)22-16)27(19)14-7-5-4-6-13(14)20/h4-7,12,19,23H,8-11H2,1-3H3. The predicted molar refractivity (Wildman–Crippen MR) is 114 cm³/mol. The van der Waals surface area contributed by atoms with Crippen LogP contribution < -0.4 is 15.8 Å². The summed E-state index contributed by atoms with van der Waals surface area (Å²) >= 11 is 12.7. The molecule has 1 aromatic carbocycles. The summed E-state index contributed by atoms with van der Waals surface area (Å²) in [5.74, 6) is 0.490. The van der Waals surface area contributed by atoms with Crippen molar-refractivity contribution in [3.63, 3.8) is 0 Å². The van der Waals surface area contributed by atoms with E-state index in [2.05, 4.69) is 33.9 Å². The van der Waals surface area contributed by atoms with Crippen LogP contribution >= 0.6 is 23.2 Å². The second-order valence-corrected chi connectivity index (χ2v) is 8.19. The topological polar surface area (TPSA) is 56.6 Å². The second kappa shape index (κ2) is 7.55. The lowest BCUT2D eigenvalue weighted by molar-refractivity contribution is 0.0892. The first-order chi connectivity index (χ1) is 13.4. The SMILES string of the molecule is CC(C)N1CCN(C2Nc3nc(Cl)n(C)c(=O)c3N2c2ccccc2Cl)CC1. The molecular weight excluding hydrogens is 399 g/mol. The molecule has 1 N–H and O–H groups in total. The molecule has 1 atom stereocenters. The lowest BCUT2D eigenvalue weighted by Gasteiger charge is -2.42. The van der Waals surface area contributed by atoms with Gasteiger partial charge in [-0.25, -0.2) is 0 Å². The molecule has 1 aromatic heterocycles. The Morgan fingerprint density at radius 1 is 1.14 bits per heavy atom. The molecule has 28 heavy (non-hydrogen) atoms. The van der Waals surface area contributed by atoms with Gasteiger partial charge in [-0.1, -0.05) is 23.7 Å². The molecule has 150 valence electrons. The van der Waals surface area contributed by atoms with Gasteiger partial charge in [0.1, 0.15) is 0 Å². The van der Waals surface area contributed by atoms with E-state index in [4.69, 9.17) is 23.2 Å². The monoisotopic (exact) mass is 422 g/mol. The van der Waals surface area contributed by atoms with E-state index in [0.717, 1.165) is 31.9 Å². The molecule has 0 radical (unpaired) electrons. The van der Waals surface area contributed by atoms with Gasteiger partial charge in [-0.15, -0.1) is 0 Å². The highest BCUT2D eigenvalue weighted by molar-refractivity contribution is 6.33. The van der Waals surface area contributed by atoms with Crippen LogP contribution in [0.25, 0.3) is 0 Å². The van der Waals surface area contributed by atoms with E-state index in [1.54, 1.807) is 7.05 Å². The summed E-state index contributed by atoms with van der Waals surface area (Å²) in [6.07, 6.45) is -0.247. The highest BCUT2D eigenvalue weighted by Gasteiger charge is 2.40. The smallest absolute Gasteiger partial charge is 0.280 e. The fraction of sp³-hybridized carbons (Fsp3) is 0.474. The summed E-state index contributed by atoms with van der Waals surface area (Å²) < 4.78 is 1.35. The van der Waals surface area contributed by atoms with E-state index >= 15 is 0 Å². The van der Waals surface area contributed by atoms with Gasteiger partial charge in [-0.2, -0.15) is 4.98 Å². The van der Waals surface area contributed by atoms with Crippen molar-refractivity contribution in [1.29, 1.82) is 0 Å². The first-order valence-corrected chi connectivity index (χ1v) is 10.2. The van der Waals surface area contributed by atoms with Crippen LogP contribution in [-0.2, 0) is 7.05 Å². The van der Waals surface area contributed by atoms with Crippen molar-refractivity contribution in [2.24, 2.45) is 7.05 Å². The lowest BCUT2D eigenvalue weighted by Crippen LogP contribution is -2.57. The Balaban J connectivity index is 1.76. The molecule has 0 saturated carbocycles. The van der Waals surface area contributed by atoms with Crippen LogP contribution in [-0.4, -0.2) is 57.9 Å². The number of halogens is 2. The lowest BCUT2D eigenvalue weighted by atomic mass is 10.2. The van der Waals surface area contributed by atoms with Crippen molar-refractivity contribution < 1.29 is 0 Å². The Morgan fingerprint density at radius 2 is 1.82 bits per heavy atom. The second-order valence-electron chi connectivity index (χ2n) is 7.45. The van der Waals surface area contributed by atoms with E-state index < -0.39 is 0 Å². The summed E-state index contributed by atoms with van der Waals surface area (Å²) in [5, 5.41) is 4.14. The number of rotatable bonds is 3. The third kappa shape index (κ3) is 3.26. The number of piperazine rings is 1. The molecule has 9 heteroatoms. The number of hydrogen-bond acceptors (Lipinski definition) is 6. The molecule has 0 bridgehead atoms. The van der Waals surface area contributed by atoms with E-state index in [1.165, 1.54) is 4.57 Å². The number of hydrogen-bond donors (Lipinski definition) is 1. The number of fused-ring (bicyclic) bond motifs is 1. The maximum Gasteiger partial charge on any atom is 0.280 e. The van der Waals surface area contributed by atoms with Gasteiger partial charge in [-0.05, 0) is 37.6 Å². The molecule has 4 rings (SSSR count). The van der Waals surface area contributed by atoms with Crippen molar-refractivity contribution in [2.45, 2.75) is 26.2 Å². The average Bonchev–Trinajstić information content (AvgIpc) is 3.05. The zero-order valence-corrected chi connectivity index (χ0v) is 17.7. The maximum atomic E-state index is 13.0. The van der Waals surface area contributed by atoms with Crippen molar-refractivity contribution >= 4 is 40.4 Å². The minimum atomic E-state index is -0.247. The zero-order chi connectivity index (χ0) is 20.0. The molecule has 3 heterocycles. The van der Waals surface area contributed by atoms with Crippen molar-refractivity contribution in [2.75, 3.05) is 36.4 Å². The number of aromatic nitrogens is 2. The molecule has 2 aliphatic rings. The van der Waals surface area contributed by atoms with E-state index in [0.29, 0.717) is 22.6 Å². The highest BCUT2D eigenvalue weighted by atomic mass is 35.5. The Morgan fingerprint density at radius 3 is 2.46 bits per heavy atom. The Kier molecular flexibility index (Phi) is 5.26. The molecule has 1 unspecified atom stereocenters.